The Hall–Kier alpha value is -1.89. The van der Waals surface area contributed by atoms with Gasteiger partial charge in [-0.2, -0.15) is 0 Å². The third-order valence-corrected chi connectivity index (χ3v) is 2.90. The topological polar surface area (TPSA) is 87.2 Å². The zero-order valence-corrected chi connectivity index (χ0v) is 10.0. The van der Waals surface area contributed by atoms with E-state index >= 15 is 0 Å². The molecule has 0 radical (unpaired) electrons. The van der Waals surface area contributed by atoms with Crippen LogP contribution >= 0.6 is 0 Å². The van der Waals surface area contributed by atoms with Gasteiger partial charge in [0.05, 0.1) is 0 Å². The Balaban J connectivity index is 2.06. The first kappa shape index (κ1) is 12.6. The minimum absolute atomic E-state index is 0.0321. The number of carbonyl (C=O) groups excluding carboxylic acids is 1. The minimum atomic E-state index is -0.552. The van der Waals surface area contributed by atoms with Crippen molar-refractivity contribution in [1.82, 2.24) is 19.8 Å². The number of aromatic nitrogens is 2. The molecule has 1 aromatic heterocycles. The van der Waals surface area contributed by atoms with Crippen LogP contribution in [0.5, 0.6) is 0 Å². The molecule has 7 heteroatoms. The molecule has 2 rings (SSSR count). The van der Waals surface area contributed by atoms with Crippen LogP contribution in [0.2, 0.25) is 0 Å². The molecule has 0 saturated carbocycles. The summed E-state index contributed by atoms with van der Waals surface area (Å²) in [7, 11) is 0. The van der Waals surface area contributed by atoms with Gasteiger partial charge in [-0.05, 0) is 13.0 Å². The normalized spacial score (nSPS) is 16.3. The van der Waals surface area contributed by atoms with Gasteiger partial charge in [-0.15, -0.1) is 0 Å². The summed E-state index contributed by atoms with van der Waals surface area (Å²) in [5.74, 6) is -0.104. The minimum Gasteiger partial charge on any atom is -0.340 e. The highest BCUT2D eigenvalue weighted by atomic mass is 16.2. The average molecular weight is 252 g/mol. The maximum absolute atomic E-state index is 12.0. The molecule has 1 fully saturated rings. The van der Waals surface area contributed by atoms with E-state index in [1.54, 1.807) is 4.90 Å². The monoisotopic (exact) mass is 252 g/mol. The van der Waals surface area contributed by atoms with Crippen molar-refractivity contribution in [2.24, 2.45) is 0 Å². The van der Waals surface area contributed by atoms with Crippen LogP contribution in [0.3, 0.4) is 0 Å². The van der Waals surface area contributed by atoms with Gasteiger partial charge < -0.3 is 10.2 Å². The summed E-state index contributed by atoms with van der Waals surface area (Å²) < 4.78 is 1.21. The van der Waals surface area contributed by atoms with Gasteiger partial charge in [0.25, 0.3) is 5.56 Å². The highest BCUT2D eigenvalue weighted by Gasteiger charge is 2.15. The smallest absolute Gasteiger partial charge is 0.328 e. The molecule has 1 saturated heterocycles. The number of amides is 1. The molecule has 0 aromatic carbocycles. The van der Waals surface area contributed by atoms with Crippen LogP contribution < -0.4 is 16.6 Å². The number of nitrogens with one attached hydrogen (secondary N) is 2. The molecule has 2 N–H and O–H groups in total. The maximum Gasteiger partial charge on any atom is 0.328 e. The number of H-pyrrole nitrogens is 1. The Kier molecular flexibility index (Phi) is 3.93. The third-order valence-electron chi connectivity index (χ3n) is 2.90. The number of nitrogens with zero attached hydrogens (tertiary/aromatic N) is 2. The number of hydrogen-bond acceptors (Lipinski definition) is 4. The molecule has 1 amide bonds. The molecule has 98 valence electrons. The van der Waals surface area contributed by atoms with Crippen LogP contribution in [-0.4, -0.2) is 46.5 Å². The Labute approximate surface area is 103 Å². The molecule has 0 unspecified atom stereocenters. The molecule has 1 aliphatic heterocycles. The quantitative estimate of drug-likeness (QED) is 0.661. The van der Waals surface area contributed by atoms with E-state index in [4.69, 9.17) is 0 Å². The summed E-state index contributed by atoms with van der Waals surface area (Å²) in [4.78, 5) is 38.2. The van der Waals surface area contributed by atoms with Gasteiger partial charge >= 0.3 is 5.69 Å². The molecule has 0 atom stereocenters. The highest BCUT2D eigenvalue weighted by molar-refractivity contribution is 5.76. The molecule has 0 aliphatic carbocycles. The number of aromatic amines is 1. The Morgan fingerprint density at radius 3 is 2.89 bits per heavy atom. The van der Waals surface area contributed by atoms with Crippen LogP contribution in [0.15, 0.2) is 21.9 Å². The largest absolute Gasteiger partial charge is 0.340 e. The van der Waals surface area contributed by atoms with Crippen molar-refractivity contribution in [2.75, 3.05) is 26.2 Å². The zero-order chi connectivity index (χ0) is 13.0. The SMILES string of the molecule is O=C(Cn1ccc(=O)[nH]c1=O)N1CCCNCC1. The maximum atomic E-state index is 12.0. The summed E-state index contributed by atoms with van der Waals surface area (Å²) in [6.45, 7) is 2.99. The zero-order valence-electron chi connectivity index (χ0n) is 10.0. The van der Waals surface area contributed by atoms with E-state index < -0.39 is 11.2 Å². The van der Waals surface area contributed by atoms with E-state index in [0.29, 0.717) is 13.1 Å². The highest BCUT2D eigenvalue weighted by Crippen LogP contribution is 1.97. The molecule has 18 heavy (non-hydrogen) atoms. The van der Waals surface area contributed by atoms with Gasteiger partial charge in [-0.25, -0.2) is 4.79 Å². The average Bonchev–Trinajstić information content (AvgIpc) is 2.61. The van der Waals surface area contributed by atoms with Gasteiger partial charge in [0.2, 0.25) is 5.91 Å². The predicted octanol–water partition coefficient (Wildman–Crippen LogP) is -1.64. The van der Waals surface area contributed by atoms with Crippen molar-refractivity contribution in [3.63, 3.8) is 0 Å². The second kappa shape index (κ2) is 5.63. The first-order valence-corrected chi connectivity index (χ1v) is 5.95. The Bertz CT molecular complexity index is 526. The van der Waals surface area contributed by atoms with Crippen molar-refractivity contribution >= 4 is 5.91 Å². The molecule has 2 heterocycles. The molecular weight excluding hydrogens is 236 g/mol. The molecular formula is C11H16N4O3. The van der Waals surface area contributed by atoms with Crippen LogP contribution in [0, 0.1) is 0 Å². The number of rotatable bonds is 2. The van der Waals surface area contributed by atoms with E-state index in [-0.39, 0.29) is 12.5 Å². The second-order valence-electron chi connectivity index (χ2n) is 4.22. The van der Waals surface area contributed by atoms with E-state index in [9.17, 15) is 14.4 Å². The van der Waals surface area contributed by atoms with Crippen molar-refractivity contribution in [3.8, 4) is 0 Å². The van der Waals surface area contributed by atoms with Crippen molar-refractivity contribution < 1.29 is 4.79 Å². The fraction of sp³-hybridized carbons (Fsp3) is 0.545. The predicted molar refractivity (Wildman–Crippen MR) is 65.4 cm³/mol. The lowest BCUT2D eigenvalue weighted by atomic mass is 10.4. The van der Waals surface area contributed by atoms with Crippen molar-refractivity contribution in [3.05, 3.63) is 33.1 Å². The summed E-state index contributed by atoms with van der Waals surface area (Å²) in [6, 6.07) is 1.23. The van der Waals surface area contributed by atoms with E-state index in [2.05, 4.69) is 10.3 Å². The van der Waals surface area contributed by atoms with Crippen molar-refractivity contribution in [2.45, 2.75) is 13.0 Å². The molecule has 0 bridgehead atoms. The van der Waals surface area contributed by atoms with Gasteiger partial charge in [-0.1, -0.05) is 0 Å². The standard InChI is InChI=1S/C11H16N4O3/c16-9-2-6-15(11(18)13-9)8-10(17)14-5-1-3-12-4-7-14/h2,6,12H,1,3-5,7-8H2,(H,13,16,18). The fourth-order valence-corrected chi connectivity index (χ4v) is 1.91. The van der Waals surface area contributed by atoms with Crippen LogP contribution in [0.1, 0.15) is 6.42 Å². The lowest BCUT2D eigenvalue weighted by Crippen LogP contribution is -2.39. The van der Waals surface area contributed by atoms with Crippen LogP contribution in [0.25, 0.3) is 0 Å². The Morgan fingerprint density at radius 1 is 1.28 bits per heavy atom. The van der Waals surface area contributed by atoms with Crippen molar-refractivity contribution in [1.29, 1.82) is 0 Å². The van der Waals surface area contributed by atoms with E-state index in [1.165, 1.54) is 16.8 Å². The first-order valence-electron chi connectivity index (χ1n) is 5.95. The van der Waals surface area contributed by atoms with E-state index in [1.807, 2.05) is 0 Å². The summed E-state index contributed by atoms with van der Waals surface area (Å²) in [5.41, 5.74) is -1.01. The summed E-state index contributed by atoms with van der Waals surface area (Å²) >= 11 is 0. The van der Waals surface area contributed by atoms with Gasteiger partial charge in [-0.3, -0.25) is 19.1 Å². The van der Waals surface area contributed by atoms with Gasteiger partial charge in [0.15, 0.2) is 0 Å². The second-order valence-corrected chi connectivity index (χ2v) is 4.22. The molecule has 7 nitrogen and oxygen atoms in total. The Morgan fingerprint density at radius 2 is 2.11 bits per heavy atom. The molecule has 1 aromatic rings. The van der Waals surface area contributed by atoms with Crippen LogP contribution in [0.4, 0.5) is 0 Å². The molecule has 1 aliphatic rings. The lowest BCUT2D eigenvalue weighted by Gasteiger charge is -2.20. The van der Waals surface area contributed by atoms with E-state index in [0.717, 1.165) is 19.5 Å². The number of carbonyl (C=O) groups is 1. The van der Waals surface area contributed by atoms with Gasteiger partial charge in [0.1, 0.15) is 6.54 Å². The lowest BCUT2D eigenvalue weighted by molar-refractivity contribution is -0.131. The summed E-state index contributed by atoms with van der Waals surface area (Å²) in [5, 5.41) is 3.20. The van der Waals surface area contributed by atoms with Gasteiger partial charge in [0, 0.05) is 31.9 Å². The third kappa shape index (κ3) is 3.07. The summed E-state index contributed by atoms with van der Waals surface area (Å²) in [6.07, 6.45) is 2.25. The fourth-order valence-electron chi connectivity index (χ4n) is 1.91. The van der Waals surface area contributed by atoms with Crippen LogP contribution in [-0.2, 0) is 11.3 Å². The number of hydrogen-bond donors (Lipinski definition) is 2. The molecule has 0 spiro atoms. The first-order chi connectivity index (χ1) is 8.66.